The van der Waals surface area contributed by atoms with Gasteiger partial charge in [-0.25, -0.2) is 0 Å². The van der Waals surface area contributed by atoms with Crippen LogP contribution >= 0.6 is 0 Å². The summed E-state index contributed by atoms with van der Waals surface area (Å²) in [6.07, 6.45) is 0.104. The van der Waals surface area contributed by atoms with Gasteiger partial charge in [-0.15, -0.1) is 0 Å². The van der Waals surface area contributed by atoms with Crippen molar-refractivity contribution < 1.29 is 9.59 Å². The summed E-state index contributed by atoms with van der Waals surface area (Å²) in [5, 5.41) is 5.55. The van der Waals surface area contributed by atoms with Crippen molar-refractivity contribution >= 4 is 11.8 Å². The number of aryl methyl sites for hydroxylation is 2. The van der Waals surface area contributed by atoms with Gasteiger partial charge in [0.1, 0.15) is 0 Å². The Balaban J connectivity index is 2.05. The van der Waals surface area contributed by atoms with Crippen molar-refractivity contribution in [3.8, 4) is 0 Å². The topological polar surface area (TPSA) is 91.1 Å². The Morgan fingerprint density at radius 2 is 1.84 bits per heavy atom. The van der Waals surface area contributed by atoms with Gasteiger partial charge in [0.15, 0.2) is 0 Å². The molecule has 0 bridgehead atoms. The minimum absolute atomic E-state index is 0.104. The summed E-state index contributed by atoms with van der Waals surface area (Å²) in [6.45, 7) is 5.23. The lowest BCUT2D eigenvalue weighted by Gasteiger charge is -2.18. The highest BCUT2D eigenvalue weighted by molar-refractivity contribution is 5.79. The van der Waals surface area contributed by atoms with Gasteiger partial charge in [0.2, 0.25) is 11.8 Å². The average molecular weight is 341 g/mol. The van der Waals surface area contributed by atoms with Crippen LogP contribution in [-0.4, -0.2) is 16.8 Å². The number of aromatic amines is 1. The molecule has 0 aliphatic heterocycles. The molecule has 0 saturated heterocycles. The zero-order chi connectivity index (χ0) is 18.4. The van der Waals surface area contributed by atoms with Gasteiger partial charge in [0.05, 0.1) is 12.5 Å². The minimum Gasteiger partial charge on any atom is -0.352 e. The van der Waals surface area contributed by atoms with E-state index in [-0.39, 0.29) is 30.3 Å². The van der Waals surface area contributed by atoms with Crippen LogP contribution in [0.3, 0.4) is 0 Å². The predicted octanol–water partition coefficient (Wildman–Crippen LogP) is 1.88. The number of aromatic nitrogens is 1. The molecular weight excluding hydrogens is 318 g/mol. The van der Waals surface area contributed by atoms with Crippen molar-refractivity contribution in [2.24, 2.45) is 0 Å². The number of hydrogen-bond donors (Lipinski definition) is 3. The van der Waals surface area contributed by atoms with E-state index in [1.165, 1.54) is 6.92 Å². The number of hydrogen-bond acceptors (Lipinski definition) is 3. The molecule has 6 nitrogen and oxygen atoms in total. The van der Waals surface area contributed by atoms with Crippen molar-refractivity contribution in [1.29, 1.82) is 0 Å². The molecular formula is C19H23N3O3. The molecule has 0 saturated carbocycles. The number of nitrogens with one attached hydrogen (secondary N) is 3. The molecule has 0 spiro atoms. The Labute approximate surface area is 146 Å². The molecule has 2 rings (SSSR count). The molecule has 1 aromatic heterocycles. The molecule has 3 N–H and O–H groups in total. The molecule has 1 heterocycles. The third-order valence-electron chi connectivity index (χ3n) is 3.93. The number of rotatable bonds is 6. The molecule has 0 aliphatic carbocycles. The van der Waals surface area contributed by atoms with Crippen LogP contribution in [0.25, 0.3) is 0 Å². The molecule has 0 unspecified atom stereocenters. The largest absolute Gasteiger partial charge is 0.352 e. The van der Waals surface area contributed by atoms with Crippen LogP contribution in [0.1, 0.15) is 41.8 Å². The van der Waals surface area contributed by atoms with Crippen LogP contribution in [0.2, 0.25) is 0 Å². The summed E-state index contributed by atoms with van der Waals surface area (Å²) < 4.78 is 0. The molecule has 0 fully saturated rings. The first-order valence-corrected chi connectivity index (χ1v) is 8.15. The minimum atomic E-state index is -0.406. The molecule has 2 amide bonds. The lowest BCUT2D eigenvalue weighted by Crippen LogP contribution is -2.33. The van der Waals surface area contributed by atoms with E-state index < -0.39 is 6.04 Å². The number of amides is 2. The quantitative estimate of drug-likeness (QED) is 0.749. The fraction of sp³-hybridized carbons (Fsp3) is 0.316. The second-order valence-electron chi connectivity index (χ2n) is 6.09. The van der Waals surface area contributed by atoms with E-state index >= 15 is 0 Å². The molecule has 2 aromatic rings. The third kappa shape index (κ3) is 5.31. The van der Waals surface area contributed by atoms with Gasteiger partial charge in [-0.05, 0) is 31.0 Å². The summed E-state index contributed by atoms with van der Waals surface area (Å²) in [7, 11) is 0. The first kappa shape index (κ1) is 18.4. The highest BCUT2D eigenvalue weighted by Gasteiger charge is 2.17. The first-order valence-electron chi connectivity index (χ1n) is 8.15. The van der Waals surface area contributed by atoms with Crippen LogP contribution in [0, 0.1) is 13.8 Å². The highest BCUT2D eigenvalue weighted by atomic mass is 16.2. The maximum absolute atomic E-state index is 12.3. The molecule has 6 heteroatoms. The average Bonchev–Trinajstić information content (AvgIpc) is 2.53. The molecule has 132 valence electrons. The fourth-order valence-electron chi connectivity index (χ4n) is 2.73. The summed E-state index contributed by atoms with van der Waals surface area (Å²) in [5.74, 6) is -0.436. The van der Waals surface area contributed by atoms with Gasteiger partial charge in [-0.3, -0.25) is 14.4 Å². The van der Waals surface area contributed by atoms with Gasteiger partial charge in [0, 0.05) is 24.7 Å². The smallest absolute Gasteiger partial charge is 0.253 e. The summed E-state index contributed by atoms with van der Waals surface area (Å²) in [5.41, 5.74) is 2.82. The Bertz CT molecular complexity index is 812. The van der Waals surface area contributed by atoms with Gasteiger partial charge >= 0.3 is 0 Å². The summed E-state index contributed by atoms with van der Waals surface area (Å²) >= 11 is 0. The Morgan fingerprint density at radius 1 is 1.16 bits per heavy atom. The van der Waals surface area contributed by atoms with E-state index in [1.54, 1.807) is 0 Å². The summed E-state index contributed by atoms with van der Waals surface area (Å²) in [6, 6.07) is 10.8. The molecule has 0 radical (unpaired) electrons. The van der Waals surface area contributed by atoms with E-state index in [1.807, 2.05) is 50.2 Å². The highest BCUT2D eigenvalue weighted by Crippen LogP contribution is 2.16. The zero-order valence-electron chi connectivity index (χ0n) is 14.7. The second-order valence-corrected chi connectivity index (χ2v) is 6.09. The lowest BCUT2D eigenvalue weighted by molar-refractivity contribution is -0.122. The second kappa shape index (κ2) is 8.28. The normalized spacial score (nSPS) is 11.6. The van der Waals surface area contributed by atoms with Crippen LogP contribution in [-0.2, 0) is 16.1 Å². The van der Waals surface area contributed by atoms with Crippen molar-refractivity contribution in [3.63, 3.8) is 0 Å². The van der Waals surface area contributed by atoms with Gasteiger partial charge < -0.3 is 15.6 Å². The Kier molecular flexibility index (Phi) is 6.11. The van der Waals surface area contributed by atoms with Gasteiger partial charge in [-0.1, -0.05) is 30.3 Å². The van der Waals surface area contributed by atoms with Crippen LogP contribution < -0.4 is 16.2 Å². The Morgan fingerprint density at radius 3 is 2.44 bits per heavy atom. The van der Waals surface area contributed by atoms with E-state index in [0.717, 1.165) is 16.8 Å². The van der Waals surface area contributed by atoms with Crippen molar-refractivity contribution in [2.75, 3.05) is 0 Å². The first-order chi connectivity index (χ1) is 11.9. The number of H-pyrrole nitrogens is 1. The van der Waals surface area contributed by atoms with E-state index in [4.69, 9.17) is 0 Å². The number of benzene rings is 1. The van der Waals surface area contributed by atoms with Crippen molar-refractivity contribution in [2.45, 2.75) is 39.8 Å². The molecule has 25 heavy (non-hydrogen) atoms. The van der Waals surface area contributed by atoms with Crippen LogP contribution in [0.5, 0.6) is 0 Å². The standard InChI is InChI=1S/C19H23N3O3/c1-12-9-13(2)21-19(25)16(12)11-20-18(24)10-17(22-14(3)23)15-7-5-4-6-8-15/h4-9,17H,10-11H2,1-3H3,(H,20,24)(H,21,25)(H,22,23)/t17-/m0/s1. The maximum Gasteiger partial charge on any atom is 0.253 e. The SMILES string of the molecule is CC(=O)N[C@@H](CC(=O)NCc1c(C)cc(C)[nH]c1=O)c1ccccc1. The van der Waals surface area contributed by atoms with E-state index in [0.29, 0.717) is 5.56 Å². The Hall–Kier alpha value is -2.89. The maximum atomic E-state index is 12.3. The summed E-state index contributed by atoms with van der Waals surface area (Å²) in [4.78, 5) is 38.4. The number of carbonyl (C=O) groups is 2. The molecule has 1 aromatic carbocycles. The fourth-order valence-corrected chi connectivity index (χ4v) is 2.73. The van der Waals surface area contributed by atoms with Gasteiger partial charge in [0.25, 0.3) is 5.56 Å². The number of pyridine rings is 1. The lowest BCUT2D eigenvalue weighted by atomic mass is 10.0. The molecule has 0 aliphatic rings. The monoisotopic (exact) mass is 341 g/mol. The van der Waals surface area contributed by atoms with E-state index in [2.05, 4.69) is 15.6 Å². The third-order valence-corrected chi connectivity index (χ3v) is 3.93. The van der Waals surface area contributed by atoms with Crippen LogP contribution in [0.15, 0.2) is 41.2 Å². The number of carbonyl (C=O) groups excluding carboxylic acids is 2. The van der Waals surface area contributed by atoms with Gasteiger partial charge in [-0.2, -0.15) is 0 Å². The van der Waals surface area contributed by atoms with Crippen molar-refractivity contribution in [1.82, 2.24) is 15.6 Å². The van der Waals surface area contributed by atoms with Crippen LogP contribution in [0.4, 0.5) is 0 Å². The predicted molar refractivity (Wildman–Crippen MR) is 96.0 cm³/mol. The zero-order valence-corrected chi connectivity index (χ0v) is 14.7. The van der Waals surface area contributed by atoms with Crippen molar-refractivity contribution in [3.05, 3.63) is 69.1 Å². The molecule has 1 atom stereocenters. The van der Waals surface area contributed by atoms with E-state index in [9.17, 15) is 14.4 Å².